The number of hydrogen-bond donors (Lipinski definition) is 1. The van der Waals surface area contributed by atoms with Crippen LogP contribution in [0.3, 0.4) is 0 Å². The zero-order valence-electron chi connectivity index (χ0n) is 12.9. The van der Waals surface area contributed by atoms with Crippen LogP contribution < -0.4 is 5.32 Å². The number of likely N-dealkylation sites (N-methyl/N-ethyl adjacent to an activating group) is 1. The number of thioether (sulfide) groups is 1. The zero-order chi connectivity index (χ0) is 14.4. The van der Waals surface area contributed by atoms with Crippen molar-refractivity contribution in [2.24, 2.45) is 5.92 Å². The molecule has 0 saturated carbocycles. The molecule has 1 unspecified atom stereocenters. The average molecular weight is 297 g/mol. The molecule has 1 aromatic heterocycles. The molecule has 20 heavy (non-hydrogen) atoms. The third kappa shape index (κ3) is 5.07. The standard InChI is InChI=1S/C14H27N5S/c1-12(2)8-15-9-13-10-19(17-16-13)6-5-18(3)14-4-7-20-11-14/h10,12,14-15H,4-9,11H2,1-3H3. The van der Waals surface area contributed by atoms with Gasteiger partial charge in [-0.15, -0.1) is 5.10 Å². The molecule has 0 amide bonds. The maximum absolute atomic E-state index is 4.22. The molecule has 0 radical (unpaired) electrons. The number of aromatic nitrogens is 3. The Labute approximate surface area is 126 Å². The van der Waals surface area contributed by atoms with Gasteiger partial charge in [0.05, 0.1) is 12.2 Å². The average Bonchev–Trinajstić information content (AvgIpc) is 3.07. The van der Waals surface area contributed by atoms with E-state index in [4.69, 9.17) is 0 Å². The highest BCUT2D eigenvalue weighted by atomic mass is 32.2. The number of hydrogen-bond acceptors (Lipinski definition) is 5. The molecule has 114 valence electrons. The quantitative estimate of drug-likeness (QED) is 0.787. The summed E-state index contributed by atoms with van der Waals surface area (Å²) in [7, 11) is 2.22. The summed E-state index contributed by atoms with van der Waals surface area (Å²) in [6.07, 6.45) is 3.38. The fourth-order valence-corrected chi connectivity index (χ4v) is 3.63. The van der Waals surface area contributed by atoms with Crippen molar-refractivity contribution in [2.75, 3.05) is 31.6 Å². The van der Waals surface area contributed by atoms with Crippen molar-refractivity contribution in [2.45, 2.75) is 39.4 Å². The van der Waals surface area contributed by atoms with Crippen LogP contribution in [0.5, 0.6) is 0 Å². The van der Waals surface area contributed by atoms with Crippen molar-refractivity contribution >= 4 is 11.8 Å². The Morgan fingerprint density at radius 3 is 3.10 bits per heavy atom. The lowest BCUT2D eigenvalue weighted by Gasteiger charge is -2.22. The molecule has 0 spiro atoms. The van der Waals surface area contributed by atoms with Gasteiger partial charge >= 0.3 is 0 Å². The van der Waals surface area contributed by atoms with Gasteiger partial charge in [0.1, 0.15) is 0 Å². The first kappa shape index (κ1) is 15.8. The minimum atomic E-state index is 0.669. The van der Waals surface area contributed by atoms with Crippen molar-refractivity contribution in [3.8, 4) is 0 Å². The Kier molecular flexibility index (Phi) is 6.32. The molecule has 1 saturated heterocycles. The lowest BCUT2D eigenvalue weighted by atomic mass is 10.2. The summed E-state index contributed by atoms with van der Waals surface area (Å²) in [4.78, 5) is 2.46. The Morgan fingerprint density at radius 2 is 2.40 bits per heavy atom. The second kappa shape index (κ2) is 8.00. The molecule has 0 aromatic carbocycles. The summed E-state index contributed by atoms with van der Waals surface area (Å²) in [6, 6.07) is 0.746. The maximum Gasteiger partial charge on any atom is 0.0964 e. The van der Waals surface area contributed by atoms with E-state index >= 15 is 0 Å². The lowest BCUT2D eigenvalue weighted by molar-refractivity contribution is 0.248. The molecule has 0 bridgehead atoms. The van der Waals surface area contributed by atoms with E-state index in [1.807, 2.05) is 4.68 Å². The minimum absolute atomic E-state index is 0.669. The van der Waals surface area contributed by atoms with Gasteiger partial charge in [0.2, 0.25) is 0 Å². The Morgan fingerprint density at radius 1 is 1.55 bits per heavy atom. The normalized spacial score (nSPS) is 19.4. The second-order valence-electron chi connectivity index (χ2n) is 6.00. The summed E-state index contributed by atoms with van der Waals surface area (Å²) in [5, 5.41) is 11.8. The molecule has 2 heterocycles. The molecule has 1 fully saturated rings. The van der Waals surface area contributed by atoms with Gasteiger partial charge in [-0.2, -0.15) is 11.8 Å². The molecular weight excluding hydrogens is 270 g/mol. The Bertz CT molecular complexity index is 387. The molecule has 2 rings (SSSR count). The van der Waals surface area contributed by atoms with Crippen molar-refractivity contribution in [1.29, 1.82) is 0 Å². The molecule has 1 N–H and O–H groups in total. The van der Waals surface area contributed by atoms with Crippen LogP contribution in [0, 0.1) is 5.92 Å². The Hall–Kier alpha value is -0.590. The summed E-state index contributed by atoms with van der Waals surface area (Å²) < 4.78 is 1.96. The van der Waals surface area contributed by atoms with Gasteiger partial charge in [0.15, 0.2) is 0 Å². The van der Waals surface area contributed by atoms with Crippen LogP contribution in [-0.4, -0.2) is 57.6 Å². The first-order chi connectivity index (χ1) is 9.65. The van der Waals surface area contributed by atoms with Crippen LogP contribution in [0.1, 0.15) is 26.0 Å². The third-order valence-electron chi connectivity index (χ3n) is 3.66. The summed E-state index contributed by atoms with van der Waals surface area (Å²) >= 11 is 2.06. The monoisotopic (exact) mass is 297 g/mol. The number of nitrogens with zero attached hydrogens (tertiary/aromatic N) is 4. The largest absolute Gasteiger partial charge is 0.311 e. The molecular formula is C14H27N5S. The van der Waals surface area contributed by atoms with Crippen LogP contribution in [0.15, 0.2) is 6.20 Å². The molecule has 1 aliphatic heterocycles. The van der Waals surface area contributed by atoms with Crippen LogP contribution in [0.2, 0.25) is 0 Å². The summed E-state index contributed by atoms with van der Waals surface area (Å²) in [6.45, 7) is 8.23. The Balaban J connectivity index is 1.69. The minimum Gasteiger partial charge on any atom is -0.311 e. The first-order valence-corrected chi connectivity index (χ1v) is 8.68. The fraction of sp³-hybridized carbons (Fsp3) is 0.857. The highest BCUT2D eigenvalue weighted by molar-refractivity contribution is 7.99. The van der Waals surface area contributed by atoms with E-state index < -0.39 is 0 Å². The van der Waals surface area contributed by atoms with E-state index in [0.717, 1.165) is 37.9 Å². The predicted molar refractivity (Wildman–Crippen MR) is 84.9 cm³/mol. The zero-order valence-corrected chi connectivity index (χ0v) is 13.7. The molecule has 1 atom stereocenters. The fourth-order valence-electron chi connectivity index (χ4n) is 2.33. The first-order valence-electron chi connectivity index (χ1n) is 7.53. The van der Waals surface area contributed by atoms with Gasteiger partial charge in [-0.25, -0.2) is 0 Å². The SMILES string of the molecule is CC(C)CNCc1cn(CCN(C)C2CCSC2)nn1. The van der Waals surface area contributed by atoms with Gasteiger partial charge in [-0.05, 0) is 31.7 Å². The van der Waals surface area contributed by atoms with Crippen molar-refractivity contribution in [1.82, 2.24) is 25.2 Å². The van der Waals surface area contributed by atoms with Gasteiger partial charge in [0.25, 0.3) is 0 Å². The van der Waals surface area contributed by atoms with Crippen LogP contribution in [-0.2, 0) is 13.1 Å². The van der Waals surface area contributed by atoms with Crippen molar-refractivity contribution < 1.29 is 0 Å². The van der Waals surface area contributed by atoms with Gasteiger partial charge in [-0.3, -0.25) is 4.68 Å². The van der Waals surface area contributed by atoms with Gasteiger partial charge < -0.3 is 10.2 Å². The van der Waals surface area contributed by atoms with Gasteiger partial charge in [-0.1, -0.05) is 19.1 Å². The van der Waals surface area contributed by atoms with Crippen LogP contribution in [0.4, 0.5) is 0 Å². The van der Waals surface area contributed by atoms with E-state index in [2.05, 4.69) is 59.4 Å². The summed E-state index contributed by atoms with van der Waals surface area (Å²) in [5.41, 5.74) is 1.03. The molecule has 1 aromatic rings. The van der Waals surface area contributed by atoms with E-state index in [9.17, 15) is 0 Å². The van der Waals surface area contributed by atoms with E-state index in [-0.39, 0.29) is 0 Å². The van der Waals surface area contributed by atoms with E-state index in [1.165, 1.54) is 17.9 Å². The van der Waals surface area contributed by atoms with Crippen molar-refractivity contribution in [3.63, 3.8) is 0 Å². The molecule has 6 heteroatoms. The highest BCUT2D eigenvalue weighted by Crippen LogP contribution is 2.21. The smallest absolute Gasteiger partial charge is 0.0964 e. The van der Waals surface area contributed by atoms with Gasteiger partial charge in [0, 0.05) is 31.1 Å². The van der Waals surface area contributed by atoms with Crippen LogP contribution >= 0.6 is 11.8 Å². The topological polar surface area (TPSA) is 46.0 Å². The van der Waals surface area contributed by atoms with Crippen LogP contribution in [0.25, 0.3) is 0 Å². The van der Waals surface area contributed by atoms with Crippen molar-refractivity contribution in [3.05, 3.63) is 11.9 Å². The predicted octanol–water partition coefficient (Wildman–Crippen LogP) is 1.46. The third-order valence-corrected chi connectivity index (χ3v) is 4.80. The number of nitrogens with one attached hydrogen (secondary N) is 1. The molecule has 1 aliphatic rings. The summed E-state index contributed by atoms with van der Waals surface area (Å²) in [5.74, 6) is 3.25. The molecule has 0 aliphatic carbocycles. The maximum atomic E-state index is 4.22. The number of rotatable bonds is 8. The van der Waals surface area contributed by atoms with E-state index in [0.29, 0.717) is 5.92 Å². The molecule has 5 nitrogen and oxygen atoms in total. The lowest BCUT2D eigenvalue weighted by Crippen LogP contribution is -2.34. The highest BCUT2D eigenvalue weighted by Gasteiger charge is 2.19. The second-order valence-corrected chi connectivity index (χ2v) is 7.15. The van der Waals surface area contributed by atoms with E-state index in [1.54, 1.807) is 0 Å².